The van der Waals surface area contributed by atoms with Gasteiger partial charge in [-0.3, -0.25) is 10.1 Å². The van der Waals surface area contributed by atoms with Crippen molar-refractivity contribution in [2.75, 3.05) is 7.11 Å². The molecule has 0 bridgehead atoms. The van der Waals surface area contributed by atoms with Crippen molar-refractivity contribution < 1.29 is 14.5 Å². The minimum Gasteiger partial charge on any atom is -0.466 e. The molecule has 0 aliphatic heterocycles. The van der Waals surface area contributed by atoms with E-state index in [-0.39, 0.29) is 5.00 Å². The molecular weight excluding hydrogens is 206 g/mol. The first-order valence-electron chi connectivity index (χ1n) is 3.63. The van der Waals surface area contributed by atoms with Crippen LogP contribution >= 0.6 is 11.3 Å². The van der Waals surface area contributed by atoms with Gasteiger partial charge in [0.15, 0.2) is 0 Å². The van der Waals surface area contributed by atoms with Gasteiger partial charge in [0.25, 0.3) is 0 Å². The highest BCUT2D eigenvalue weighted by atomic mass is 32.1. The van der Waals surface area contributed by atoms with Crippen LogP contribution in [0.25, 0.3) is 6.08 Å². The number of nitrogens with zero attached hydrogens (tertiary/aromatic N) is 1. The van der Waals surface area contributed by atoms with Gasteiger partial charge in [0, 0.05) is 17.0 Å². The van der Waals surface area contributed by atoms with Gasteiger partial charge >= 0.3 is 11.0 Å². The summed E-state index contributed by atoms with van der Waals surface area (Å²) in [6.07, 6.45) is 2.69. The number of methoxy groups -OCH3 is 1. The molecule has 0 aromatic carbocycles. The third-order valence-electron chi connectivity index (χ3n) is 1.38. The quantitative estimate of drug-likeness (QED) is 0.332. The fraction of sp³-hybridized carbons (Fsp3) is 0.125. The molecule has 0 saturated heterocycles. The maximum atomic E-state index is 10.7. The molecule has 0 atom stereocenters. The number of hydrogen-bond donors (Lipinski definition) is 0. The van der Waals surface area contributed by atoms with Gasteiger partial charge < -0.3 is 4.74 Å². The predicted molar refractivity (Wildman–Crippen MR) is 52.0 cm³/mol. The molecule has 0 aliphatic rings. The minimum absolute atomic E-state index is 0.0505. The van der Waals surface area contributed by atoms with Gasteiger partial charge in [0.1, 0.15) is 0 Å². The zero-order valence-electron chi connectivity index (χ0n) is 7.30. The molecular formula is C8H7NO4S. The third kappa shape index (κ3) is 2.67. The summed E-state index contributed by atoms with van der Waals surface area (Å²) in [7, 11) is 1.27. The zero-order chi connectivity index (χ0) is 10.6. The molecule has 14 heavy (non-hydrogen) atoms. The second kappa shape index (κ2) is 4.52. The topological polar surface area (TPSA) is 69.4 Å². The van der Waals surface area contributed by atoms with E-state index in [4.69, 9.17) is 0 Å². The van der Waals surface area contributed by atoms with E-state index in [0.29, 0.717) is 4.88 Å². The highest BCUT2D eigenvalue weighted by Gasteiger charge is 2.07. The number of hydrogen-bond acceptors (Lipinski definition) is 5. The van der Waals surface area contributed by atoms with Crippen molar-refractivity contribution in [3.05, 3.63) is 33.2 Å². The molecule has 0 fully saturated rings. The van der Waals surface area contributed by atoms with Crippen molar-refractivity contribution in [2.45, 2.75) is 0 Å². The zero-order valence-corrected chi connectivity index (χ0v) is 8.11. The van der Waals surface area contributed by atoms with Crippen LogP contribution in [-0.2, 0) is 9.53 Å². The third-order valence-corrected chi connectivity index (χ3v) is 2.38. The summed E-state index contributed by atoms with van der Waals surface area (Å²) in [6, 6.07) is 2.96. The Balaban J connectivity index is 2.73. The molecule has 1 aromatic rings. The first kappa shape index (κ1) is 10.4. The predicted octanol–water partition coefficient (Wildman–Crippen LogP) is 1.84. The summed E-state index contributed by atoms with van der Waals surface area (Å²) in [5, 5.41) is 10.4. The van der Waals surface area contributed by atoms with Gasteiger partial charge in [-0.2, -0.15) is 0 Å². The van der Waals surface area contributed by atoms with E-state index >= 15 is 0 Å². The smallest absolute Gasteiger partial charge is 0.330 e. The molecule has 1 heterocycles. The molecule has 74 valence electrons. The molecule has 0 amide bonds. The second-order valence-corrected chi connectivity index (χ2v) is 3.38. The summed E-state index contributed by atoms with van der Waals surface area (Å²) in [5.41, 5.74) is 0. The molecule has 1 aromatic heterocycles. The van der Waals surface area contributed by atoms with Crippen LogP contribution in [-0.4, -0.2) is 18.0 Å². The Kier molecular flexibility index (Phi) is 3.35. The first-order valence-corrected chi connectivity index (χ1v) is 4.45. The molecule has 6 heteroatoms. The average molecular weight is 213 g/mol. The second-order valence-electron chi connectivity index (χ2n) is 2.29. The largest absolute Gasteiger partial charge is 0.466 e. The normalized spacial score (nSPS) is 10.4. The molecule has 5 nitrogen and oxygen atoms in total. The fourth-order valence-electron chi connectivity index (χ4n) is 0.748. The van der Waals surface area contributed by atoms with Gasteiger partial charge in [-0.05, 0) is 12.1 Å². The summed E-state index contributed by atoms with van der Waals surface area (Å²) in [5.74, 6) is -0.485. The Morgan fingerprint density at radius 1 is 1.64 bits per heavy atom. The van der Waals surface area contributed by atoms with Crippen molar-refractivity contribution in [1.29, 1.82) is 0 Å². The monoisotopic (exact) mass is 213 g/mol. The van der Waals surface area contributed by atoms with Gasteiger partial charge in [-0.25, -0.2) is 4.79 Å². The molecule has 0 N–H and O–H groups in total. The van der Waals surface area contributed by atoms with Crippen LogP contribution in [0.4, 0.5) is 5.00 Å². The van der Waals surface area contributed by atoms with Crippen molar-refractivity contribution in [3.63, 3.8) is 0 Å². The van der Waals surface area contributed by atoms with E-state index in [1.54, 1.807) is 6.07 Å². The number of nitro groups is 1. The lowest BCUT2D eigenvalue weighted by atomic mass is 10.4. The standard InChI is InChI=1S/C8H7NO4S/c1-13-8(10)5-3-6-2-4-7(14-6)9(11)12/h2-5H,1H3/b5-3+. The van der Waals surface area contributed by atoms with Crippen LogP contribution in [0, 0.1) is 10.1 Å². The lowest BCUT2D eigenvalue weighted by Crippen LogP contribution is -1.92. The fourth-order valence-corrected chi connectivity index (χ4v) is 1.47. The molecule has 0 saturated carbocycles. The highest BCUT2D eigenvalue weighted by molar-refractivity contribution is 7.16. The van der Waals surface area contributed by atoms with Gasteiger partial charge in [0.05, 0.1) is 12.0 Å². The van der Waals surface area contributed by atoms with Crippen LogP contribution in [0.3, 0.4) is 0 Å². The summed E-state index contributed by atoms with van der Waals surface area (Å²) in [4.78, 5) is 21.2. The SMILES string of the molecule is COC(=O)/C=C/c1ccc([N+](=O)[O-])s1. The van der Waals surface area contributed by atoms with Crippen LogP contribution in [0.5, 0.6) is 0 Å². The maximum absolute atomic E-state index is 10.7. The summed E-state index contributed by atoms with van der Waals surface area (Å²) >= 11 is 1.000. The Bertz CT molecular complexity index is 382. The lowest BCUT2D eigenvalue weighted by Gasteiger charge is -1.87. The van der Waals surface area contributed by atoms with Crippen molar-refractivity contribution in [1.82, 2.24) is 0 Å². The minimum atomic E-state index is -0.485. The Morgan fingerprint density at radius 3 is 2.86 bits per heavy atom. The number of ether oxygens (including phenoxy) is 1. The Hall–Kier alpha value is -1.69. The molecule has 0 radical (unpaired) electrons. The average Bonchev–Trinajstić information content (AvgIpc) is 2.62. The number of thiophene rings is 1. The number of carbonyl (C=O) groups excluding carboxylic acids is 1. The van der Waals surface area contributed by atoms with Gasteiger partial charge in [-0.15, -0.1) is 0 Å². The van der Waals surface area contributed by atoms with Crippen LogP contribution in [0.1, 0.15) is 4.88 Å². The van der Waals surface area contributed by atoms with E-state index in [9.17, 15) is 14.9 Å². The molecule has 0 spiro atoms. The van der Waals surface area contributed by atoms with E-state index in [1.165, 1.54) is 25.3 Å². The lowest BCUT2D eigenvalue weighted by molar-refractivity contribution is -0.380. The Morgan fingerprint density at radius 2 is 2.36 bits per heavy atom. The van der Waals surface area contributed by atoms with Gasteiger partial charge in [0.2, 0.25) is 0 Å². The van der Waals surface area contributed by atoms with Gasteiger partial charge in [-0.1, -0.05) is 11.3 Å². The van der Waals surface area contributed by atoms with E-state index in [0.717, 1.165) is 11.3 Å². The maximum Gasteiger partial charge on any atom is 0.330 e. The molecule has 0 unspecified atom stereocenters. The summed E-state index contributed by atoms with van der Waals surface area (Å²) in [6.45, 7) is 0. The van der Waals surface area contributed by atoms with Crippen LogP contribution in [0.2, 0.25) is 0 Å². The van der Waals surface area contributed by atoms with E-state index in [1.807, 2.05) is 0 Å². The summed E-state index contributed by atoms with van der Waals surface area (Å²) < 4.78 is 4.37. The van der Waals surface area contributed by atoms with Crippen molar-refractivity contribution >= 4 is 28.4 Å². The van der Waals surface area contributed by atoms with E-state index in [2.05, 4.69) is 4.74 Å². The number of carbonyl (C=O) groups is 1. The number of esters is 1. The van der Waals surface area contributed by atoms with Crippen molar-refractivity contribution in [2.24, 2.45) is 0 Å². The molecule has 1 rings (SSSR count). The van der Waals surface area contributed by atoms with Crippen LogP contribution < -0.4 is 0 Å². The van der Waals surface area contributed by atoms with E-state index < -0.39 is 10.9 Å². The van der Waals surface area contributed by atoms with Crippen molar-refractivity contribution in [3.8, 4) is 0 Å². The Labute approximate surface area is 83.8 Å². The highest BCUT2D eigenvalue weighted by Crippen LogP contribution is 2.24. The van der Waals surface area contributed by atoms with Crippen LogP contribution in [0.15, 0.2) is 18.2 Å². The first-order chi connectivity index (χ1) is 6.63. The molecule has 0 aliphatic carbocycles. The number of rotatable bonds is 3.